The molecule has 0 aliphatic carbocycles. The van der Waals surface area contributed by atoms with Crippen LogP contribution in [-0.2, 0) is 22.3 Å². The molecule has 0 saturated heterocycles. The number of hydrogen-bond donors (Lipinski definition) is 3. The van der Waals surface area contributed by atoms with E-state index in [2.05, 4.69) is 9.82 Å². The van der Waals surface area contributed by atoms with Crippen molar-refractivity contribution < 1.29 is 22.7 Å². The molecular weight excluding hydrogens is 389 g/mol. The number of benzene rings is 2. The van der Waals surface area contributed by atoms with Crippen LogP contribution in [-0.4, -0.2) is 29.3 Å². The van der Waals surface area contributed by atoms with E-state index in [1.54, 1.807) is 6.07 Å². The number of aromatic amines is 1. The number of rotatable bonds is 7. The fourth-order valence-electron chi connectivity index (χ4n) is 2.55. The summed E-state index contributed by atoms with van der Waals surface area (Å²) in [5, 5.41) is 11.4. The summed E-state index contributed by atoms with van der Waals surface area (Å²) in [6.45, 7) is -0.0337. The van der Waals surface area contributed by atoms with E-state index in [-0.39, 0.29) is 18.0 Å². The van der Waals surface area contributed by atoms with E-state index < -0.39 is 27.4 Å². The van der Waals surface area contributed by atoms with Crippen LogP contribution < -0.4 is 10.3 Å². The van der Waals surface area contributed by atoms with Crippen molar-refractivity contribution in [1.29, 1.82) is 0 Å². The highest BCUT2D eigenvalue weighted by Crippen LogP contribution is 2.11. The van der Waals surface area contributed by atoms with Gasteiger partial charge in [-0.2, -0.15) is 0 Å². The van der Waals surface area contributed by atoms with E-state index in [1.165, 1.54) is 42.5 Å². The molecule has 0 spiro atoms. The average molecular weight is 405 g/mol. The summed E-state index contributed by atoms with van der Waals surface area (Å²) in [5.41, 5.74) is 0.534. The Morgan fingerprint density at radius 2 is 1.82 bits per heavy atom. The van der Waals surface area contributed by atoms with Gasteiger partial charge in [0, 0.05) is 12.6 Å². The van der Waals surface area contributed by atoms with Crippen molar-refractivity contribution in [1.82, 2.24) is 14.5 Å². The van der Waals surface area contributed by atoms with Gasteiger partial charge in [-0.15, -0.1) is 0 Å². The van der Waals surface area contributed by atoms with Gasteiger partial charge in [-0.3, -0.25) is 9.89 Å². The summed E-state index contributed by atoms with van der Waals surface area (Å²) in [6.07, 6.45) is 0. The highest BCUT2D eigenvalue weighted by Gasteiger charge is 2.13. The van der Waals surface area contributed by atoms with Crippen molar-refractivity contribution in [3.05, 3.63) is 87.6 Å². The molecule has 0 aliphatic rings. The summed E-state index contributed by atoms with van der Waals surface area (Å²) >= 11 is 0. The minimum atomic E-state index is -3.66. The van der Waals surface area contributed by atoms with Crippen LogP contribution in [0.5, 0.6) is 0 Å². The smallest absolute Gasteiger partial charge is 0.353 e. The number of hydrogen-bond acceptors (Lipinski definition) is 4. The van der Waals surface area contributed by atoms with Crippen molar-refractivity contribution in [2.24, 2.45) is 0 Å². The van der Waals surface area contributed by atoms with Gasteiger partial charge in [0.05, 0.1) is 11.4 Å². The average Bonchev–Trinajstić information content (AvgIpc) is 3.03. The fraction of sp³-hybridized carbons (Fsp3) is 0.111. The Balaban J connectivity index is 1.69. The van der Waals surface area contributed by atoms with Gasteiger partial charge in [-0.05, 0) is 35.4 Å². The maximum Gasteiger partial charge on any atom is 0.353 e. The van der Waals surface area contributed by atoms with Gasteiger partial charge in [0.15, 0.2) is 0 Å². The molecule has 1 aromatic heterocycles. The molecule has 3 aromatic rings. The van der Waals surface area contributed by atoms with Crippen LogP contribution in [0.3, 0.4) is 0 Å². The van der Waals surface area contributed by atoms with E-state index in [0.717, 1.165) is 10.7 Å². The van der Waals surface area contributed by atoms with E-state index in [9.17, 15) is 22.4 Å². The fourth-order valence-corrected chi connectivity index (χ4v) is 3.67. The highest BCUT2D eigenvalue weighted by molar-refractivity contribution is 7.88. The monoisotopic (exact) mass is 405 g/mol. The molecule has 0 atom stereocenters. The van der Waals surface area contributed by atoms with Crippen LogP contribution in [0.15, 0.2) is 59.4 Å². The van der Waals surface area contributed by atoms with Crippen LogP contribution >= 0.6 is 0 Å². The predicted octanol–water partition coefficient (Wildman–Crippen LogP) is 1.62. The molecule has 0 bridgehead atoms. The van der Waals surface area contributed by atoms with E-state index in [4.69, 9.17) is 5.11 Å². The minimum absolute atomic E-state index is 0.0337. The normalized spacial score (nSPS) is 11.5. The molecule has 0 saturated carbocycles. The van der Waals surface area contributed by atoms with Crippen LogP contribution in [0, 0.1) is 5.82 Å². The number of H-pyrrole nitrogens is 1. The van der Waals surface area contributed by atoms with Crippen molar-refractivity contribution >= 4 is 16.0 Å². The third-order valence-electron chi connectivity index (χ3n) is 3.89. The zero-order valence-corrected chi connectivity index (χ0v) is 15.2. The molecule has 146 valence electrons. The molecule has 1 heterocycles. The Morgan fingerprint density at radius 1 is 1.11 bits per heavy atom. The van der Waals surface area contributed by atoms with Gasteiger partial charge < -0.3 is 5.11 Å². The van der Waals surface area contributed by atoms with Crippen molar-refractivity contribution in [3.8, 4) is 5.69 Å². The van der Waals surface area contributed by atoms with Gasteiger partial charge in [0.25, 0.3) is 5.56 Å². The number of carboxylic acids is 1. The number of nitrogens with one attached hydrogen (secondary N) is 2. The van der Waals surface area contributed by atoms with Gasteiger partial charge in [0.2, 0.25) is 10.0 Å². The SMILES string of the molecule is O=C(O)c1cc(=O)n(-c2ccc(CS(=O)(=O)NCc3cccc(F)c3)cc2)[nH]1. The molecule has 0 fully saturated rings. The van der Waals surface area contributed by atoms with E-state index >= 15 is 0 Å². The first-order chi connectivity index (χ1) is 13.2. The van der Waals surface area contributed by atoms with Gasteiger partial charge in [-0.25, -0.2) is 27.0 Å². The number of carbonyl (C=O) groups is 1. The molecule has 3 N–H and O–H groups in total. The molecule has 3 rings (SSSR count). The number of halogens is 1. The first kappa shape index (κ1) is 19.5. The molecule has 0 radical (unpaired) electrons. The van der Waals surface area contributed by atoms with Gasteiger partial charge >= 0.3 is 5.97 Å². The Kier molecular flexibility index (Phi) is 5.43. The largest absolute Gasteiger partial charge is 0.477 e. The van der Waals surface area contributed by atoms with Crippen LogP contribution in [0.1, 0.15) is 21.6 Å². The van der Waals surface area contributed by atoms with Crippen molar-refractivity contribution in [3.63, 3.8) is 0 Å². The second-order valence-corrected chi connectivity index (χ2v) is 7.83. The van der Waals surface area contributed by atoms with Gasteiger partial charge in [-0.1, -0.05) is 24.3 Å². The molecule has 8 nitrogen and oxygen atoms in total. The molecule has 28 heavy (non-hydrogen) atoms. The third kappa shape index (κ3) is 4.72. The number of aromatic nitrogens is 2. The minimum Gasteiger partial charge on any atom is -0.477 e. The molecule has 0 unspecified atom stereocenters. The zero-order chi connectivity index (χ0) is 20.3. The maximum atomic E-state index is 13.1. The second-order valence-electron chi connectivity index (χ2n) is 6.03. The maximum absolute atomic E-state index is 13.1. The first-order valence-corrected chi connectivity index (χ1v) is 9.75. The quantitative estimate of drug-likeness (QED) is 0.552. The predicted molar refractivity (Wildman–Crippen MR) is 99.2 cm³/mol. The lowest BCUT2D eigenvalue weighted by Gasteiger charge is -2.08. The Labute approximate surface area is 159 Å². The lowest BCUT2D eigenvalue weighted by atomic mass is 10.2. The number of nitrogens with zero attached hydrogens (tertiary/aromatic N) is 1. The van der Waals surface area contributed by atoms with E-state index in [0.29, 0.717) is 16.8 Å². The molecule has 2 aromatic carbocycles. The molecule has 0 amide bonds. The van der Waals surface area contributed by atoms with Gasteiger partial charge in [0.1, 0.15) is 11.5 Å². The lowest BCUT2D eigenvalue weighted by Crippen LogP contribution is -2.24. The van der Waals surface area contributed by atoms with Crippen LogP contribution in [0.2, 0.25) is 0 Å². The van der Waals surface area contributed by atoms with Crippen LogP contribution in [0.4, 0.5) is 4.39 Å². The first-order valence-electron chi connectivity index (χ1n) is 8.10. The summed E-state index contributed by atoms with van der Waals surface area (Å²) in [5.74, 6) is -2.01. The summed E-state index contributed by atoms with van der Waals surface area (Å²) in [6, 6.07) is 12.6. The van der Waals surface area contributed by atoms with E-state index in [1.807, 2.05) is 0 Å². The molecule has 0 aliphatic heterocycles. The number of sulfonamides is 1. The second kappa shape index (κ2) is 7.79. The Morgan fingerprint density at radius 3 is 2.43 bits per heavy atom. The third-order valence-corrected chi connectivity index (χ3v) is 5.18. The Bertz CT molecular complexity index is 1170. The molecular formula is C18H16FN3O5S. The standard InChI is InChI=1S/C18H16FN3O5S/c19-14-3-1-2-13(8-14)10-20-28(26,27)11-12-4-6-15(7-5-12)22-17(23)9-16(21-22)18(24)25/h1-9,20-21H,10-11H2,(H,24,25). The van der Waals surface area contributed by atoms with Crippen molar-refractivity contribution in [2.75, 3.05) is 0 Å². The number of carboxylic acid groups (broad SMARTS) is 1. The highest BCUT2D eigenvalue weighted by atomic mass is 32.2. The summed E-state index contributed by atoms with van der Waals surface area (Å²) in [7, 11) is -3.66. The van der Waals surface area contributed by atoms with Crippen molar-refractivity contribution in [2.45, 2.75) is 12.3 Å². The van der Waals surface area contributed by atoms with Crippen LogP contribution in [0.25, 0.3) is 5.69 Å². The Hall–Kier alpha value is -3.24. The topological polar surface area (TPSA) is 121 Å². The molecule has 10 heteroatoms. The lowest BCUT2D eigenvalue weighted by molar-refractivity contribution is 0.0690. The summed E-state index contributed by atoms with van der Waals surface area (Å²) in [4.78, 5) is 22.8. The summed E-state index contributed by atoms with van der Waals surface area (Å²) < 4.78 is 41.0. The zero-order valence-electron chi connectivity index (χ0n) is 14.4. The number of aromatic carboxylic acids is 1.